The summed E-state index contributed by atoms with van der Waals surface area (Å²) >= 11 is 5.77. The third kappa shape index (κ3) is 4.96. The van der Waals surface area contributed by atoms with Crippen molar-refractivity contribution in [2.24, 2.45) is 0 Å². The molecule has 0 bridgehead atoms. The Balaban J connectivity index is 3.05. The molecule has 0 atom stereocenters. The first-order valence-electron chi connectivity index (χ1n) is 5.61. The third-order valence-corrected chi connectivity index (χ3v) is 4.04. The van der Waals surface area contributed by atoms with E-state index in [-0.39, 0.29) is 17.3 Å². The summed E-state index contributed by atoms with van der Waals surface area (Å²) in [6.45, 7) is 0.800. The Morgan fingerprint density at radius 3 is 2.52 bits per heavy atom. The Labute approximate surface area is 125 Å². The van der Waals surface area contributed by atoms with Crippen LogP contribution in [0.3, 0.4) is 0 Å². The van der Waals surface area contributed by atoms with Crippen molar-refractivity contribution in [3.63, 3.8) is 0 Å². The van der Waals surface area contributed by atoms with Gasteiger partial charge in [0, 0.05) is 19.5 Å². The molecule has 0 aliphatic heterocycles. The molecule has 10 heteroatoms. The number of aliphatic carboxylic acids is 1. The van der Waals surface area contributed by atoms with E-state index in [2.05, 4.69) is 5.32 Å². The molecule has 0 spiro atoms. The lowest BCUT2D eigenvalue weighted by molar-refractivity contribution is -0.136. The smallest absolute Gasteiger partial charge is 0.304 e. The van der Waals surface area contributed by atoms with Crippen molar-refractivity contribution in [3.05, 3.63) is 23.0 Å². The number of rotatable bonds is 6. The van der Waals surface area contributed by atoms with Gasteiger partial charge in [-0.25, -0.2) is 17.5 Å². The number of carbonyl (C=O) groups is 2. The van der Waals surface area contributed by atoms with Gasteiger partial charge in [0.2, 0.25) is 15.9 Å². The summed E-state index contributed by atoms with van der Waals surface area (Å²) in [4.78, 5) is 20.5. The highest BCUT2D eigenvalue weighted by atomic mass is 35.5. The molecule has 0 radical (unpaired) electrons. The largest absolute Gasteiger partial charge is 0.481 e. The van der Waals surface area contributed by atoms with Crippen molar-refractivity contribution >= 4 is 39.2 Å². The number of carboxylic acids is 1. The van der Waals surface area contributed by atoms with Gasteiger partial charge in [-0.1, -0.05) is 11.6 Å². The average molecular weight is 339 g/mol. The molecule has 0 aromatic heterocycles. The highest BCUT2D eigenvalue weighted by molar-refractivity contribution is 7.89. The molecule has 3 N–H and O–H groups in total. The van der Waals surface area contributed by atoms with E-state index in [1.54, 1.807) is 0 Å². The van der Waals surface area contributed by atoms with Crippen molar-refractivity contribution in [2.75, 3.05) is 11.9 Å². The van der Waals surface area contributed by atoms with E-state index in [0.717, 1.165) is 12.1 Å². The Hall–Kier alpha value is -1.71. The lowest BCUT2D eigenvalue weighted by Gasteiger charge is -2.10. The van der Waals surface area contributed by atoms with Gasteiger partial charge in [-0.15, -0.1) is 0 Å². The Bertz CT molecular complexity index is 677. The van der Waals surface area contributed by atoms with Gasteiger partial charge in [0.25, 0.3) is 0 Å². The number of amides is 1. The van der Waals surface area contributed by atoms with Crippen LogP contribution in [0, 0.1) is 5.82 Å². The summed E-state index contributed by atoms with van der Waals surface area (Å²) in [5, 5.41) is 10.5. The molecule has 0 fully saturated rings. The van der Waals surface area contributed by atoms with Crippen molar-refractivity contribution in [2.45, 2.75) is 18.2 Å². The zero-order valence-corrected chi connectivity index (χ0v) is 12.4. The quantitative estimate of drug-likeness (QED) is 0.721. The summed E-state index contributed by atoms with van der Waals surface area (Å²) in [6, 6.07) is 1.61. The molecule has 0 saturated carbocycles. The zero-order chi connectivity index (χ0) is 16.2. The second-order valence-corrected chi connectivity index (χ2v) is 6.13. The maximum atomic E-state index is 13.8. The van der Waals surface area contributed by atoms with E-state index < -0.39 is 39.0 Å². The molecule has 1 amide bonds. The number of anilines is 1. The molecule has 0 aliphatic rings. The van der Waals surface area contributed by atoms with Crippen molar-refractivity contribution in [3.8, 4) is 0 Å². The molecule has 1 rings (SSSR count). The van der Waals surface area contributed by atoms with E-state index in [9.17, 15) is 22.4 Å². The van der Waals surface area contributed by atoms with Gasteiger partial charge in [-0.3, -0.25) is 9.59 Å². The van der Waals surface area contributed by atoms with Crippen LogP contribution in [-0.4, -0.2) is 31.9 Å². The fraction of sp³-hybridized carbons (Fsp3) is 0.273. The minimum absolute atomic E-state index is 0.0637. The number of sulfonamides is 1. The minimum Gasteiger partial charge on any atom is -0.481 e. The van der Waals surface area contributed by atoms with Gasteiger partial charge in [0.1, 0.15) is 10.7 Å². The SMILES string of the molecule is CC(=O)Nc1cc(F)c(S(=O)(=O)NCCC(=O)O)cc1Cl. The van der Waals surface area contributed by atoms with Gasteiger partial charge >= 0.3 is 5.97 Å². The first-order valence-corrected chi connectivity index (χ1v) is 7.47. The van der Waals surface area contributed by atoms with Crippen LogP contribution in [0.15, 0.2) is 17.0 Å². The molecule has 21 heavy (non-hydrogen) atoms. The normalized spacial score (nSPS) is 11.2. The number of nitrogens with one attached hydrogen (secondary N) is 2. The van der Waals surface area contributed by atoms with Crippen LogP contribution in [-0.2, 0) is 19.6 Å². The molecular formula is C11H12ClFN2O5S. The van der Waals surface area contributed by atoms with Crippen LogP contribution in [0.25, 0.3) is 0 Å². The molecule has 1 aromatic carbocycles. The molecule has 0 saturated heterocycles. The predicted octanol–water partition coefficient (Wildman–Crippen LogP) is 1.19. The summed E-state index contributed by atoms with van der Waals surface area (Å²) in [5.74, 6) is -2.81. The van der Waals surface area contributed by atoms with Crippen LogP contribution in [0.5, 0.6) is 0 Å². The summed E-state index contributed by atoms with van der Waals surface area (Å²) in [6.07, 6.45) is -0.446. The van der Waals surface area contributed by atoms with Gasteiger partial charge in [-0.2, -0.15) is 0 Å². The number of halogens is 2. The lowest BCUT2D eigenvalue weighted by atomic mass is 10.3. The molecule has 1 aromatic rings. The van der Waals surface area contributed by atoms with Crippen molar-refractivity contribution < 1.29 is 27.5 Å². The van der Waals surface area contributed by atoms with E-state index >= 15 is 0 Å². The van der Waals surface area contributed by atoms with Crippen molar-refractivity contribution in [1.29, 1.82) is 0 Å². The number of carboxylic acid groups (broad SMARTS) is 1. The molecule has 116 valence electrons. The Morgan fingerprint density at radius 2 is 2.00 bits per heavy atom. The second kappa shape index (κ2) is 6.83. The highest BCUT2D eigenvalue weighted by Crippen LogP contribution is 2.28. The van der Waals surface area contributed by atoms with E-state index in [0.29, 0.717) is 0 Å². The molecule has 0 aliphatic carbocycles. The van der Waals surface area contributed by atoms with Crippen LogP contribution in [0.1, 0.15) is 13.3 Å². The molecule has 0 unspecified atom stereocenters. The zero-order valence-electron chi connectivity index (χ0n) is 10.8. The maximum absolute atomic E-state index is 13.8. The van der Waals surface area contributed by atoms with E-state index in [4.69, 9.17) is 16.7 Å². The van der Waals surface area contributed by atoms with Gasteiger partial charge < -0.3 is 10.4 Å². The fourth-order valence-corrected chi connectivity index (χ4v) is 2.78. The van der Waals surface area contributed by atoms with Gasteiger partial charge in [0.05, 0.1) is 17.1 Å². The Morgan fingerprint density at radius 1 is 1.38 bits per heavy atom. The van der Waals surface area contributed by atoms with Crippen LogP contribution < -0.4 is 10.0 Å². The number of benzene rings is 1. The minimum atomic E-state index is -4.24. The second-order valence-electron chi connectivity index (χ2n) is 3.99. The first kappa shape index (κ1) is 17.3. The van der Waals surface area contributed by atoms with Gasteiger partial charge in [0.15, 0.2) is 0 Å². The highest BCUT2D eigenvalue weighted by Gasteiger charge is 2.21. The van der Waals surface area contributed by atoms with Crippen molar-refractivity contribution in [1.82, 2.24) is 4.72 Å². The van der Waals surface area contributed by atoms with Crippen LogP contribution in [0.4, 0.5) is 10.1 Å². The number of hydrogen-bond donors (Lipinski definition) is 3. The van der Waals surface area contributed by atoms with E-state index in [1.165, 1.54) is 6.92 Å². The molecule has 7 nitrogen and oxygen atoms in total. The maximum Gasteiger partial charge on any atom is 0.304 e. The summed E-state index contributed by atoms with van der Waals surface area (Å²) in [7, 11) is -4.24. The molecule has 0 heterocycles. The van der Waals surface area contributed by atoms with Crippen LogP contribution >= 0.6 is 11.6 Å². The third-order valence-electron chi connectivity index (χ3n) is 2.25. The topological polar surface area (TPSA) is 113 Å². The lowest BCUT2D eigenvalue weighted by Crippen LogP contribution is -2.27. The standard InChI is InChI=1S/C11H12ClFN2O5S/c1-6(16)15-9-5-8(13)10(4-7(9)12)21(19,20)14-3-2-11(17)18/h4-5,14H,2-3H2,1H3,(H,15,16)(H,17,18). The monoisotopic (exact) mass is 338 g/mol. The Kier molecular flexibility index (Phi) is 5.64. The summed E-state index contributed by atoms with van der Waals surface area (Å²) < 4.78 is 39.4. The van der Waals surface area contributed by atoms with Crippen LogP contribution in [0.2, 0.25) is 5.02 Å². The predicted molar refractivity (Wildman–Crippen MR) is 73.2 cm³/mol. The first-order chi connectivity index (χ1) is 9.63. The van der Waals surface area contributed by atoms with Gasteiger partial charge in [-0.05, 0) is 6.07 Å². The van der Waals surface area contributed by atoms with E-state index in [1.807, 2.05) is 4.72 Å². The number of carbonyl (C=O) groups excluding carboxylic acids is 1. The fourth-order valence-electron chi connectivity index (χ4n) is 1.39. The molecular weight excluding hydrogens is 327 g/mol. The average Bonchev–Trinajstić information content (AvgIpc) is 2.31. The number of hydrogen-bond acceptors (Lipinski definition) is 4. The summed E-state index contributed by atoms with van der Waals surface area (Å²) in [5.41, 5.74) is -0.0637.